The van der Waals surface area contributed by atoms with Gasteiger partial charge in [-0.15, -0.1) is 0 Å². The van der Waals surface area contributed by atoms with Crippen molar-refractivity contribution in [1.29, 1.82) is 0 Å². The summed E-state index contributed by atoms with van der Waals surface area (Å²) in [6.07, 6.45) is -9.41. The molecule has 17 heteroatoms. The summed E-state index contributed by atoms with van der Waals surface area (Å²) in [5.41, 5.74) is 1.62. The Morgan fingerprint density at radius 2 is 1.33 bits per heavy atom. The van der Waals surface area contributed by atoms with E-state index in [2.05, 4.69) is 0 Å². The van der Waals surface area contributed by atoms with Gasteiger partial charge in [0.2, 0.25) is 0 Å². The lowest BCUT2D eigenvalue weighted by Crippen LogP contribution is -2.58. The lowest BCUT2D eigenvalue weighted by molar-refractivity contribution is -0.286. The highest BCUT2D eigenvalue weighted by Crippen LogP contribution is 2.35. The summed E-state index contributed by atoms with van der Waals surface area (Å²) in [6, 6.07) is 22.7. The second-order valence-corrected chi connectivity index (χ2v) is 16.5. The topological polar surface area (TPSA) is 221 Å². The number of hydrogen-bond acceptors (Lipinski definition) is 13. The number of amides is 1. The van der Waals surface area contributed by atoms with Crippen LogP contribution in [0.1, 0.15) is 11.1 Å². The first kappa shape index (κ1) is 38.6. The Hall–Kier alpha value is -5.14. The number of aliphatic hydroxyl groups excluding tert-OH is 4. The summed E-state index contributed by atoms with van der Waals surface area (Å²) >= 11 is 0. The van der Waals surface area contributed by atoms with Crippen molar-refractivity contribution in [1.82, 2.24) is 0 Å². The molecule has 1 unspecified atom stereocenters. The second-order valence-electron chi connectivity index (χ2n) is 12.7. The minimum Gasteiger partial charge on any atom is -0.446 e. The number of fused-ring (bicyclic) bond motifs is 1. The fourth-order valence-corrected chi connectivity index (χ4v) is 9.54. The number of anilines is 2. The number of aliphatic hydroxyl groups is 4. The molecule has 0 spiro atoms. The predicted molar refractivity (Wildman–Crippen MR) is 196 cm³/mol. The van der Waals surface area contributed by atoms with Crippen molar-refractivity contribution in [3.05, 3.63) is 119 Å². The van der Waals surface area contributed by atoms with Gasteiger partial charge in [-0.3, -0.25) is 4.90 Å². The number of ether oxygens (including phenoxy) is 2. The van der Waals surface area contributed by atoms with Crippen molar-refractivity contribution >= 4 is 48.5 Å². The molecule has 5 aromatic rings. The standard InChI is InChI=1S/C37H36N2O13S2/c1-21-8-13-26(14-9-21)53(46,47)39(25-12-17-30-23(18-25)19-29(35(43)51-30)28-7-5-4-6-22(28)2)54(48,49)27-15-10-24(11-16-27)38(3)37(45)50-20-31-32(40)33(41)34(42)36(44)52-31/h4-19,31-34,36,40-42,44H,20H2,1-3H3/t31?,32-,33-,34+,36+/m0/s1. The molecule has 0 radical (unpaired) electrons. The summed E-state index contributed by atoms with van der Waals surface area (Å²) in [6.45, 7) is 2.94. The van der Waals surface area contributed by atoms with Gasteiger partial charge >= 0.3 is 11.7 Å². The van der Waals surface area contributed by atoms with E-state index in [0.29, 0.717) is 9.27 Å². The predicted octanol–water partition coefficient (Wildman–Crippen LogP) is 3.03. The maximum absolute atomic E-state index is 14.4. The van der Waals surface area contributed by atoms with Crippen molar-refractivity contribution < 1.29 is 55.9 Å². The molecule has 15 nitrogen and oxygen atoms in total. The minimum atomic E-state index is -4.92. The zero-order chi connectivity index (χ0) is 39.1. The first-order valence-corrected chi connectivity index (χ1v) is 19.3. The first-order valence-electron chi connectivity index (χ1n) is 16.4. The average Bonchev–Trinajstić information content (AvgIpc) is 3.14. The monoisotopic (exact) mass is 780 g/mol. The molecular formula is C37H36N2O13S2. The molecule has 284 valence electrons. The SMILES string of the molecule is Cc1ccc(S(=O)(=O)N(c2ccc3oc(=O)c(-c4ccccc4C)cc3c2)S(=O)(=O)c2ccc(N(C)C(=O)OCC3O[C@@H](O)[C@H](O)[C@@H](O)[C@H]3O)cc2)cc1. The maximum atomic E-state index is 14.4. The van der Waals surface area contributed by atoms with Gasteiger partial charge in [-0.25, -0.2) is 26.4 Å². The van der Waals surface area contributed by atoms with E-state index in [0.717, 1.165) is 28.2 Å². The highest BCUT2D eigenvalue weighted by molar-refractivity contribution is 8.10. The summed E-state index contributed by atoms with van der Waals surface area (Å²) in [5, 5.41) is 39.7. The van der Waals surface area contributed by atoms with Gasteiger partial charge in [-0.2, -0.15) is 3.71 Å². The van der Waals surface area contributed by atoms with Crippen LogP contribution >= 0.6 is 0 Å². The van der Waals surface area contributed by atoms with Crippen molar-refractivity contribution in [2.24, 2.45) is 0 Å². The quantitative estimate of drug-likeness (QED) is 0.158. The summed E-state index contributed by atoms with van der Waals surface area (Å²) in [5.74, 6) is 0. The van der Waals surface area contributed by atoms with Gasteiger partial charge in [-0.1, -0.05) is 42.0 Å². The minimum absolute atomic E-state index is 0.0972. The van der Waals surface area contributed by atoms with Crippen LogP contribution in [-0.4, -0.2) is 87.7 Å². The molecular weight excluding hydrogens is 745 g/mol. The van der Waals surface area contributed by atoms with Gasteiger partial charge in [0, 0.05) is 18.1 Å². The molecule has 4 N–H and O–H groups in total. The third-order valence-corrected chi connectivity index (χ3v) is 13.2. The molecule has 6 rings (SSSR count). The number of carbonyl (C=O) groups excluding carboxylic acids is 1. The third-order valence-electron chi connectivity index (χ3n) is 8.97. The van der Waals surface area contributed by atoms with Crippen LogP contribution in [0.5, 0.6) is 0 Å². The molecule has 54 heavy (non-hydrogen) atoms. The maximum Gasteiger partial charge on any atom is 0.414 e. The summed E-state index contributed by atoms with van der Waals surface area (Å²) < 4.78 is 73.4. The number of hydrogen-bond donors (Lipinski definition) is 4. The van der Waals surface area contributed by atoms with Gasteiger partial charge in [-0.05, 0) is 85.6 Å². The second kappa shape index (κ2) is 14.9. The molecule has 1 aliphatic heterocycles. The number of rotatable bonds is 9. The van der Waals surface area contributed by atoms with E-state index in [-0.39, 0.29) is 32.8 Å². The Balaban J connectivity index is 1.34. The van der Waals surface area contributed by atoms with E-state index in [9.17, 15) is 46.9 Å². The fraction of sp³-hybridized carbons (Fsp3) is 0.243. The van der Waals surface area contributed by atoms with Crippen LogP contribution in [0.2, 0.25) is 0 Å². The summed E-state index contributed by atoms with van der Waals surface area (Å²) in [7, 11) is -8.43. The molecule has 1 amide bonds. The van der Waals surface area contributed by atoms with Crippen LogP contribution in [0.3, 0.4) is 0 Å². The molecule has 2 heterocycles. The van der Waals surface area contributed by atoms with Crippen LogP contribution in [-0.2, 0) is 29.5 Å². The number of carbonyl (C=O) groups is 1. The fourth-order valence-electron chi connectivity index (χ4n) is 5.86. The highest BCUT2D eigenvalue weighted by atomic mass is 32.3. The average molecular weight is 781 g/mol. The zero-order valence-corrected chi connectivity index (χ0v) is 30.6. The Morgan fingerprint density at radius 1 is 0.741 bits per heavy atom. The van der Waals surface area contributed by atoms with Crippen LogP contribution < -0.4 is 14.2 Å². The Morgan fingerprint density at radius 3 is 1.96 bits per heavy atom. The lowest BCUT2D eigenvalue weighted by atomic mass is 9.99. The smallest absolute Gasteiger partial charge is 0.414 e. The van der Waals surface area contributed by atoms with E-state index in [1.807, 2.05) is 13.0 Å². The third kappa shape index (κ3) is 7.34. The molecule has 0 bridgehead atoms. The van der Waals surface area contributed by atoms with Gasteiger partial charge in [0.1, 0.15) is 36.6 Å². The Labute approximate surface area is 310 Å². The first-order chi connectivity index (χ1) is 25.5. The highest BCUT2D eigenvalue weighted by Gasteiger charge is 2.43. The van der Waals surface area contributed by atoms with Crippen LogP contribution in [0, 0.1) is 13.8 Å². The van der Waals surface area contributed by atoms with Crippen molar-refractivity contribution in [2.45, 2.75) is 54.3 Å². The normalized spacial score (nSPS) is 20.4. The molecule has 0 aliphatic carbocycles. The van der Waals surface area contributed by atoms with Gasteiger partial charge in [0.15, 0.2) is 6.29 Å². The largest absolute Gasteiger partial charge is 0.446 e. The van der Waals surface area contributed by atoms with Crippen LogP contribution in [0.4, 0.5) is 16.2 Å². The van der Waals surface area contributed by atoms with Crippen LogP contribution in [0.15, 0.2) is 116 Å². The number of benzene rings is 4. The molecule has 5 atom stereocenters. The van der Waals surface area contributed by atoms with Gasteiger partial charge in [0.25, 0.3) is 20.0 Å². The Kier molecular flexibility index (Phi) is 10.7. The molecule has 1 saturated heterocycles. The van der Waals surface area contributed by atoms with E-state index >= 15 is 0 Å². The van der Waals surface area contributed by atoms with Crippen LogP contribution in [0.25, 0.3) is 22.1 Å². The zero-order valence-electron chi connectivity index (χ0n) is 29.0. The lowest BCUT2D eigenvalue weighted by Gasteiger charge is -2.38. The number of sulfonamides is 2. The Bertz CT molecular complexity index is 2470. The molecule has 1 aliphatic rings. The molecule has 1 aromatic heterocycles. The molecule has 1 fully saturated rings. The number of nitrogens with zero attached hydrogens (tertiary/aromatic N) is 2. The number of aryl methyl sites for hydroxylation is 2. The molecule has 4 aromatic carbocycles. The van der Waals surface area contributed by atoms with Gasteiger partial charge in [0.05, 0.1) is 21.0 Å². The van der Waals surface area contributed by atoms with Gasteiger partial charge < -0.3 is 34.3 Å². The van der Waals surface area contributed by atoms with Crippen molar-refractivity contribution in [3.8, 4) is 11.1 Å². The van der Waals surface area contributed by atoms with E-state index in [1.54, 1.807) is 25.1 Å². The van der Waals surface area contributed by atoms with Crippen molar-refractivity contribution in [2.75, 3.05) is 22.3 Å². The molecule has 0 saturated carbocycles. The van der Waals surface area contributed by atoms with E-state index in [1.165, 1.54) is 67.7 Å². The van der Waals surface area contributed by atoms with E-state index in [4.69, 9.17) is 13.9 Å². The van der Waals surface area contributed by atoms with Crippen molar-refractivity contribution in [3.63, 3.8) is 0 Å². The summed E-state index contributed by atoms with van der Waals surface area (Å²) in [4.78, 5) is 26.0. The van der Waals surface area contributed by atoms with E-state index < -0.39 is 74.0 Å².